The Hall–Kier alpha value is -3.46. The highest BCUT2D eigenvalue weighted by molar-refractivity contribution is 5.71. The van der Waals surface area contributed by atoms with Gasteiger partial charge in [-0.05, 0) is 6.07 Å². The molecule has 1 aliphatic heterocycles. The third-order valence-electron chi connectivity index (χ3n) is 4.53. The zero-order valence-electron chi connectivity index (χ0n) is 17.4. The third-order valence-corrected chi connectivity index (χ3v) is 4.53. The molecule has 1 unspecified atom stereocenters. The lowest BCUT2D eigenvalue weighted by molar-refractivity contribution is -0.173. The van der Waals surface area contributed by atoms with E-state index in [0.717, 1.165) is 10.8 Å². The van der Waals surface area contributed by atoms with Gasteiger partial charge in [-0.15, -0.1) is 0 Å². The van der Waals surface area contributed by atoms with Crippen LogP contribution in [0.1, 0.15) is 40.0 Å². The fourth-order valence-electron chi connectivity index (χ4n) is 2.94. The van der Waals surface area contributed by atoms with Crippen LogP contribution in [-0.2, 0) is 39.1 Å². The van der Waals surface area contributed by atoms with E-state index in [2.05, 4.69) is 4.98 Å². The van der Waals surface area contributed by atoms with Gasteiger partial charge in [0.1, 0.15) is 24.6 Å². The molecule has 12 nitrogen and oxygen atoms in total. The number of carbonyl (C=O) groups is 3. The van der Waals surface area contributed by atoms with Gasteiger partial charge in [-0.25, -0.2) is 4.79 Å². The Morgan fingerprint density at radius 3 is 2.35 bits per heavy atom. The smallest absolute Gasteiger partial charge is 0.352 e. The first kappa shape index (κ1) is 23.8. The molecule has 1 aromatic heterocycles. The summed E-state index contributed by atoms with van der Waals surface area (Å²) in [4.78, 5) is 51.9. The van der Waals surface area contributed by atoms with Crippen molar-refractivity contribution in [2.45, 2.75) is 64.1 Å². The van der Waals surface area contributed by atoms with Gasteiger partial charge in [-0.3, -0.25) is 19.0 Å². The summed E-state index contributed by atoms with van der Waals surface area (Å²) in [7, 11) is 0. The van der Waals surface area contributed by atoms with Crippen LogP contribution < -0.4 is 11.4 Å². The maximum absolute atomic E-state index is 12.5. The standard InChI is InChI=1S/C19H24N4O8/c1-4-13(24)28-9-11-16(29-14(25)5-2)17(30-15(26)6-3)19(10-20,31-11)23-8-7-12(21)22-18(23)27/h7-8,11,16-17H,4-6,9H2,1-3H3,(H2,21,22,27)/t11-,16?,17+,19-/m1/s1. The van der Waals surface area contributed by atoms with Gasteiger partial charge in [0.2, 0.25) is 6.10 Å². The molecule has 0 aromatic carbocycles. The van der Waals surface area contributed by atoms with Crippen LogP contribution in [0.25, 0.3) is 0 Å². The summed E-state index contributed by atoms with van der Waals surface area (Å²) >= 11 is 0. The number of anilines is 1. The van der Waals surface area contributed by atoms with Gasteiger partial charge in [0.15, 0.2) is 6.10 Å². The van der Waals surface area contributed by atoms with Gasteiger partial charge in [0, 0.05) is 25.5 Å². The molecule has 0 spiro atoms. The van der Waals surface area contributed by atoms with Crippen molar-refractivity contribution in [2.24, 2.45) is 0 Å². The van der Waals surface area contributed by atoms with E-state index in [1.807, 2.05) is 6.07 Å². The van der Waals surface area contributed by atoms with E-state index in [1.165, 1.54) is 13.0 Å². The Morgan fingerprint density at radius 2 is 1.81 bits per heavy atom. The quantitative estimate of drug-likeness (QED) is 0.429. The Balaban J connectivity index is 2.60. The average molecular weight is 436 g/mol. The third kappa shape index (κ3) is 5.00. The molecule has 0 amide bonds. The highest BCUT2D eigenvalue weighted by atomic mass is 16.7. The number of nitrogen functional groups attached to an aromatic ring is 1. The topological polar surface area (TPSA) is 173 Å². The zero-order valence-corrected chi connectivity index (χ0v) is 17.4. The van der Waals surface area contributed by atoms with Gasteiger partial charge in [-0.1, -0.05) is 20.8 Å². The summed E-state index contributed by atoms with van der Waals surface area (Å²) in [6.45, 7) is 4.24. The predicted octanol–water partition coefficient (Wildman–Crippen LogP) is -0.00252. The first-order chi connectivity index (χ1) is 14.7. The van der Waals surface area contributed by atoms with E-state index < -0.39 is 54.2 Å². The Morgan fingerprint density at radius 1 is 1.19 bits per heavy atom. The van der Waals surface area contributed by atoms with E-state index in [-0.39, 0.29) is 25.1 Å². The summed E-state index contributed by atoms with van der Waals surface area (Å²) in [5.74, 6) is -2.06. The lowest BCUT2D eigenvalue weighted by Gasteiger charge is -2.29. The summed E-state index contributed by atoms with van der Waals surface area (Å²) < 4.78 is 22.5. The molecule has 0 saturated carbocycles. The number of aromatic nitrogens is 2. The lowest BCUT2D eigenvalue weighted by atomic mass is 10.0. The van der Waals surface area contributed by atoms with E-state index in [4.69, 9.17) is 24.7 Å². The van der Waals surface area contributed by atoms with E-state index in [9.17, 15) is 24.4 Å². The SMILES string of the molecule is CCC(=O)OC[C@H]1O[C@@](C#N)(n2ccc(N)nc2=O)[C@@H](OC(=O)CC)C1OC(=O)CC. The van der Waals surface area contributed by atoms with Gasteiger partial charge in [0.05, 0.1) is 0 Å². The highest BCUT2D eigenvalue weighted by Gasteiger charge is 2.62. The number of nitriles is 1. The number of nitrogens with zero attached hydrogens (tertiary/aromatic N) is 3. The zero-order chi connectivity index (χ0) is 23.2. The fraction of sp³-hybridized carbons (Fsp3) is 0.579. The van der Waals surface area contributed by atoms with Crippen LogP contribution in [0, 0.1) is 11.3 Å². The van der Waals surface area contributed by atoms with Gasteiger partial charge < -0.3 is 24.7 Å². The summed E-state index contributed by atoms with van der Waals surface area (Å²) in [5, 5.41) is 10.0. The van der Waals surface area contributed by atoms with Crippen molar-refractivity contribution in [3.05, 3.63) is 22.7 Å². The maximum Gasteiger partial charge on any atom is 0.352 e. The van der Waals surface area contributed by atoms with Crippen LogP contribution in [0.2, 0.25) is 0 Å². The van der Waals surface area contributed by atoms with Crippen LogP contribution in [0.5, 0.6) is 0 Å². The summed E-state index contributed by atoms with van der Waals surface area (Å²) in [6.07, 6.45) is -2.94. The molecule has 2 heterocycles. The lowest BCUT2D eigenvalue weighted by Crippen LogP contribution is -2.52. The Labute approximate surface area is 177 Å². The Bertz CT molecular complexity index is 940. The fourth-order valence-corrected chi connectivity index (χ4v) is 2.94. The molecule has 0 bridgehead atoms. The normalized spacial score (nSPS) is 24.8. The average Bonchev–Trinajstić information content (AvgIpc) is 3.04. The number of nitrogens with two attached hydrogens (primary N) is 1. The van der Waals surface area contributed by atoms with Gasteiger partial charge in [0.25, 0.3) is 5.72 Å². The number of rotatable bonds is 8. The van der Waals surface area contributed by atoms with E-state index >= 15 is 0 Å². The number of hydrogen-bond donors (Lipinski definition) is 1. The second kappa shape index (κ2) is 10.0. The molecule has 2 N–H and O–H groups in total. The van der Waals surface area contributed by atoms with Crippen molar-refractivity contribution in [3.8, 4) is 6.07 Å². The molecule has 2 rings (SSSR count). The van der Waals surface area contributed by atoms with Crippen LogP contribution >= 0.6 is 0 Å². The molecule has 168 valence electrons. The molecule has 1 saturated heterocycles. The van der Waals surface area contributed by atoms with Crippen LogP contribution in [0.4, 0.5) is 5.82 Å². The van der Waals surface area contributed by atoms with Crippen LogP contribution in [0.15, 0.2) is 17.1 Å². The molecular weight excluding hydrogens is 412 g/mol. The summed E-state index contributed by atoms with van der Waals surface area (Å²) in [5.41, 5.74) is 2.32. The first-order valence-corrected chi connectivity index (χ1v) is 9.71. The molecule has 1 fully saturated rings. The van der Waals surface area contributed by atoms with Crippen LogP contribution in [0.3, 0.4) is 0 Å². The minimum absolute atomic E-state index is 0.0185. The molecule has 4 atom stereocenters. The number of ether oxygens (including phenoxy) is 4. The second-order valence-corrected chi connectivity index (χ2v) is 6.58. The molecule has 12 heteroatoms. The Kier molecular flexibility index (Phi) is 7.71. The largest absolute Gasteiger partial charge is 0.463 e. The maximum atomic E-state index is 12.5. The van der Waals surface area contributed by atoms with Crippen molar-refractivity contribution in [3.63, 3.8) is 0 Å². The second-order valence-electron chi connectivity index (χ2n) is 6.58. The molecular formula is C19H24N4O8. The predicted molar refractivity (Wildman–Crippen MR) is 103 cm³/mol. The van der Waals surface area contributed by atoms with Crippen molar-refractivity contribution in [1.82, 2.24) is 9.55 Å². The monoisotopic (exact) mass is 436 g/mol. The van der Waals surface area contributed by atoms with Crippen molar-refractivity contribution < 1.29 is 33.3 Å². The minimum Gasteiger partial charge on any atom is -0.463 e. The number of hydrogen-bond acceptors (Lipinski definition) is 11. The van der Waals surface area contributed by atoms with Crippen molar-refractivity contribution >= 4 is 23.7 Å². The summed E-state index contributed by atoms with van der Waals surface area (Å²) in [6, 6.07) is 3.09. The molecule has 31 heavy (non-hydrogen) atoms. The van der Waals surface area contributed by atoms with Gasteiger partial charge >= 0.3 is 23.6 Å². The van der Waals surface area contributed by atoms with Gasteiger partial charge in [-0.2, -0.15) is 10.2 Å². The molecule has 0 radical (unpaired) electrons. The molecule has 1 aliphatic rings. The highest BCUT2D eigenvalue weighted by Crippen LogP contribution is 2.39. The van der Waals surface area contributed by atoms with E-state index in [1.54, 1.807) is 13.8 Å². The molecule has 1 aromatic rings. The van der Waals surface area contributed by atoms with Crippen molar-refractivity contribution in [2.75, 3.05) is 12.3 Å². The van der Waals surface area contributed by atoms with Crippen molar-refractivity contribution in [1.29, 1.82) is 5.26 Å². The number of esters is 3. The number of carbonyl (C=O) groups excluding carboxylic acids is 3. The minimum atomic E-state index is -2.25. The first-order valence-electron chi connectivity index (χ1n) is 9.71. The van der Waals surface area contributed by atoms with E-state index in [0.29, 0.717) is 0 Å². The molecule has 0 aliphatic carbocycles. The van der Waals surface area contributed by atoms with Crippen LogP contribution in [-0.4, -0.2) is 52.4 Å².